The minimum atomic E-state index is -0.271. The lowest BCUT2D eigenvalue weighted by Crippen LogP contribution is -2.31. The van der Waals surface area contributed by atoms with Crippen molar-refractivity contribution < 1.29 is 14.3 Å². The summed E-state index contributed by atoms with van der Waals surface area (Å²) in [5.74, 6) is 0.561. The average Bonchev–Trinajstić information content (AvgIpc) is 2.80. The number of aryl methyl sites for hydroxylation is 1. The average molecular weight is 270 g/mol. The molecule has 0 radical (unpaired) electrons. The van der Waals surface area contributed by atoms with E-state index in [1.165, 1.54) is 7.11 Å². The number of ether oxygens (including phenoxy) is 2. The number of hydrogen-bond donors (Lipinski definition) is 1. The number of hydrogen-bond acceptors (Lipinski definition) is 4. The fourth-order valence-electron chi connectivity index (χ4n) is 2.04. The topological polar surface area (TPSA) is 47.6 Å². The van der Waals surface area contributed by atoms with Crippen LogP contribution < -0.4 is 10.1 Å². The highest BCUT2D eigenvalue weighted by Crippen LogP contribution is 2.24. The van der Waals surface area contributed by atoms with Crippen LogP contribution in [0.3, 0.4) is 0 Å². The molecular formula is C13H16ClNO3. The van der Waals surface area contributed by atoms with Crippen LogP contribution in [0.15, 0.2) is 18.2 Å². The van der Waals surface area contributed by atoms with Gasteiger partial charge in [0.25, 0.3) is 0 Å². The maximum Gasteiger partial charge on any atom is 0.323 e. The van der Waals surface area contributed by atoms with Gasteiger partial charge in [0.15, 0.2) is 0 Å². The third-order valence-corrected chi connectivity index (χ3v) is 3.24. The molecular weight excluding hydrogens is 254 g/mol. The Bertz CT molecular complexity index is 450. The van der Waals surface area contributed by atoms with Gasteiger partial charge < -0.3 is 14.8 Å². The molecule has 0 unspecified atom stereocenters. The second-order valence-electron chi connectivity index (χ2n) is 4.37. The lowest BCUT2D eigenvalue weighted by Gasteiger charge is -2.14. The molecule has 18 heavy (non-hydrogen) atoms. The Balaban J connectivity index is 1.97. The zero-order valence-corrected chi connectivity index (χ0v) is 11.2. The first-order chi connectivity index (χ1) is 8.60. The van der Waals surface area contributed by atoms with Crippen LogP contribution in [0.4, 0.5) is 0 Å². The first kappa shape index (κ1) is 13.2. The highest BCUT2D eigenvalue weighted by molar-refractivity contribution is 6.30. The van der Waals surface area contributed by atoms with E-state index >= 15 is 0 Å². The quantitative estimate of drug-likeness (QED) is 0.852. The van der Waals surface area contributed by atoms with Crippen molar-refractivity contribution in [3.63, 3.8) is 0 Å². The molecule has 1 fully saturated rings. The molecule has 0 aliphatic carbocycles. The van der Waals surface area contributed by atoms with Crippen LogP contribution in [0.2, 0.25) is 5.02 Å². The molecule has 0 aromatic heterocycles. The predicted molar refractivity (Wildman–Crippen MR) is 69.0 cm³/mol. The molecule has 1 aromatic rings. The Morgan fingerprint density at radius 3 is 2.94 bits per heavy atom. The van der Waals surface area contributed by atoms with Crippen LogP contribution in [0.1, 0.15) is 12.0 Å². The summed E-state index contributed by atoms with van der Waals surface area (Å²) in [6.45, 7) is 2.59. The molecule has 5 heteroatoms. The van der Waals surface area contributed by atoms with Crippen LogP contribution in [0, 0.1) is 6.92 Å². The molecule has 1 aromatic carbocycles. The van der Waals surface area contributed by atoms with Crippen molar-refractivity contribution in [3.8, 4) is 5.75 Å². The number of esters is 1. The van der Waals surface area contributed by atoms with Crippen molar-refractivity contribution in [1.82, 2.24) is 5.32 Å². The smallest absolute Gasteiger partial charge is 0.323 e. The Hall–Kier alpha value is -1.26. The van der Waals surface area contributed by atoms with Gasteiger partial charge in [0.2, 0.25) is 0 Å². The lowest BCUT2D eigenvalue weighted by molar-refractivity contribution is -0.142. The first-order valence-electron chi connectivity index (χ1n) is 5.84. The number of rotatable bonds is 3. The Labute approximate surface area is 111 Å². The second kappa shape index (κ2) is 5.59. The Morgan fingerprint density at radius 1 is 1.50 bits per heavy atom. The number of carbonyl (C=O) groups excluding carboxylic acids is 1. The van der Waals surface area contributed by atoms with E-state index in [4.69, 9.17) is 21.1 Å². The van der Waals surface area contributed by atoms with Crippen molar-refractivity contribution in [2.45, 2.75) is 25.5 Å². The summed E-state index contributed by atoms with van der Waals surface area (Å²) in [5.41, 5.74) is 0.990. The largest absolute Gasteiger partial charge is 0.489 e. The molecule has 0 bridgehead atoms. The van der Waals surface area contributed by atoms with Gasteiger partial charge in [0.1, 0.15) is 17.9 Å². The Morgan fingerprint density at radius 2 is 2.28 bits per heavy atom. The van der Waals surface area contributed by atoms with Crippen molar-refractivity contribution in [2.75, 3.05) is 13.7 Å². The minimum Gasteiger partial charge on any atom is -0.489 e. The summed E-state index contributed by atoms with van der Waals surface area (Å²) in [7, 11) is 1.39. The molecule has 1 aliphatic rings. The minimum absolute atomic E-state index is 0.0195. The van der Waals surface area contributed by atoms with Gasteiger partial charge >= 0.3 is 5.97 Å². The van der Waals surface area contributed by atoms with E-state index in [-0.39, 0.29) is 18.1 Å². The molecule has 1 saturated heterocycles. The zero-order chi connectivity index (χ0) is 13.1. The van der Waals surface area contributed by atoms with Gasteiger partial charge in [0.05, 0.1) is 7.11 Å². The summed E-state index contributed by atoms with van der Waals surface area (Å²) < 4.78 is 10.6. The van der Waals surface area contributed by atoms with E-state index in [0.717, 1.165) is 11.3 Å². The van der Waals surface area contributed by atoms with Gasteiger partial charge in [-0.15, -0.1) is 0 Å². The third kappa shape index (κ3) is 2.94. The van der Waals surface area contributed by atoms with E-state index in [2.05, 4.69) is 5.32 Å². The Kier molecular flexibility index (Phi) is 4.09. The van der Waals surface area contributed by atoms with E-state index in [1.54, 1.807) is 6.07 Å². The molecule has 98 valence electrons. The summed E-state index contributed by atoms with van der Waals surface area (Å²) in [5, 5.41) is 3.77. The standard InChI is InChI=1S/C13H16ClNO3/c1-8-5-9(14)3-4-12(8)18-10-6-11(15-7-10)13(16)17-2/h3-5,10-11,15H,6-7H2,1-2H3/t10-,11+/m1/s1. The molecule has 1 N–H and O–H groups in total. The van der Waals surface area contributed by atoms with Gasteiger partial charge in [0, 0.05) is 18.0 Å². The van der Waals surface area contributed by atoms with Crippen LogP contribution in [-0.4, -0.2) is 31.8 Å². The zero-order valence-electron chi connectivity index (χ0n) is 10.4. The van der Waals surface area contributed by atoms with Crippen LogP contribution in [0.25, 0.3) is 0 Å². The summed E-state index contributed by atoms with van der Waals surface area (Å²) in [6.07, 6.45) is 0.600. The number of benzene rings is 1. The molecule has 2 atom stereocenters. The van der Waals surface area contributed by atoms with Gasteiger partial charge in [-0.3, -0.25) is 4.79 Å². The summed E-state index contributed by atoms with van der Waals surface area (Å²) in [4.78, 5) is 11.4. The van der Waals surface area contributed by atoms with Crippen LogP contribution >= 0.6 is 11.6 Å². The maximum absolute atomic E-state index is 11.4. The predicted octanol–water partition coefficient (Wildman–Crippen LogP) is 1.93. The number of nitrogens with one attached hydrogen (secondary N) is 1. The van der Waals surface area contributed by atoms with Gasteiger partial charge in [-0.05, 0) is 30.7 Å². The second-order valence-corrected chi connectivity index (χ2v) is 4.81. The van der Waals surface area contributed by atoms with Crippen molar-refractivity contribution in [1.29, 1.82) is 0 Å². The van der Waals surface area contributed by atoms with Gasteiger partial charge in [-0.25, -0.2) is 0 Å². The summed E-state index contributed by atoms with van der Waals surface area (Å²) >= 11 is 5.89. The molecule has 1 heterocycles. The molecule has 0 spiro atoms. The lowest BCUT2D eigenvalue weighted by atomic mass is 10.2. The van der Waals surface area contributed by atoms with Crippen LogP contribution in [0.5, 0.6) is 5.75 Å². The van der Waals surface area contributed by atoms with E-state index in [1.807, 2.05) is 19.1 Å². The molecule has 1 aliphatic heterocycles. The molecule has 2 rings (SSSR count). The SMILES string of the molecule is COC(=O)[C@@H]1C[C@@H](Oc2ccc(Cl)cc2C)CN1. The van der Waals surface area contributed by atoms with Gasteiger partial charge in [-0.2, -0.15) is 0 Å². The number of halogens is 1. The normalized spacial score (nSPS) is 22.8. The molecule has 0 amide bonds. The van der Waals surface area contributed by atoms with E-state index < -0.39 is 0 Å². The number of carbonyl (C=O) groups is 1. The number of methoxy groups -OCH3 is 1. The monoisotopic (exact) mass is 269 g/mol. The van der Waals surface area contributed by atoms with E-state index in [0.29, 0.717) is 18.0 Å². The highest BCUT2D eigenvalue weighted by Gasteiger charge is 2.31. The highest BCUT2D eigenvalue weighted by atomic mass is 35.5. The van der Waals surface area contributed by atoms with Crippen molar-refractivity contribution in [3.05, 3.63) is 28.8 Å². The first-order valence-corrected chi connectivity index (χ1v) is 6.22. The maximum atomic E-state index is 11.4. The molecule has 4 nitrogen and oxygen atoms in total. The fraction of sp³-hybridized carbons (Fsp3) is 0.462. The van der Waals surface area contributed by atoms with Crippen molar-refractivity contribution in [2.24, 2.45) is 0 Å². The van der Waals surface area contributed by atoms with E-state index in [9.17, 15) is 4.79 Å². The fourth-order valence-corrected chi connectivity index (χ4v) is 2.27. The van der Waals surface area contributed by atoms with Gasteiger partial charge in [-0.1, -0.05) is 11.6 Å². The molecule has 0 saturated carbocycles. The third-order valence-electron chi connectivity index (χ3n) is 3.01. The van der Waals surface area contributed by atoms with Crippen molar-refractivity contribution >= 4 is 17.6 Å². The van der Waals surface area contributed by atoms with Crippen LogP contribution in [-0.2, 0) is 9.53 Å². The summed E-state index contributed by atoms with van der Waals surface area (Å²) in [6, 6.07) is 5.23.